The van der Waals surface area contributed by atoms with Gasteiger partial charge in [-0.25, -0.2) is 0 Å². The molecular weight excluding hydrogens is 242 g/mol. The van der Waals surface area contributed by atoms with Crippen LogP contribution >= 0.6 is 0 Å². The van der Waals surface area contributed by atoms with E-state index in [4.69, 9.17) is 9.52 Å². The van der Waals surface area contributed by atoms with Crippen molar-refractivity contribution in [2.75, 3.05) is 6.61 Å². The van der Waals surface area contributed by atoms with Crippen LogP contribution in [0.3, 0.4) is 0 Å². The zero-order valence-corrected chi connectivity index (χ0v) is 11.2. The summed E-state index contributed by atoms with van der Waals surface area (Å²) in [6, 6.07) is 9.20. The molecule has 1 aromatic carbocycles. The third kappa shape index (κ3) is 3.15. The highest BCUT2D eigenvalue weighted by atomic mass is 16.3. The van der Waals surface area contributed by atoms with Gasteiger partial charge in [-0.3, -0.25) is 4.79 Å². The van der Waals surface area contributed by atoms with E-state index < -0.39 is 0 Å². The summed E-state index contributed by atoms with van der Waals surface area (Å²) in [6.45, 7) is 4.09. The molecule has 2 N–H and O–H groups in total. The standard InChI is InChI=1S/C15H19NO3/c1-10(2)12(7-8-17)16-15(18)14-9-11-5-3-4-6-13(11)19-14/h3-6,9-10,12,17H,7-8H2,1-2H3,(H,16,18). The lowest BCUT2D eigenvalue weighted by molar-refractivity contribution is 0.0890. The Bertz CT molecular complexity index is 526. The largest absolute Gasteiger partial charge is 0.451 e. The molecule has 4 heteroatoms. The number of amides is 1. The second-order valence-corrected chi connectivity index (χ2v) is 4.98. The van der Waals surface area contributed by atoms with E-state index in [0.29, 0.717) is 17.8 Å². The van der Waals surface area contributed by atoms with Gasteiger partial charge in [0.25, 0.3) is 5.91 Å². The Morgan fingerprint density at radius 2 is 2.11 bits per heavy atom. The van der Waals surface area contributed by atoms with Gasteiger partial charge in [-0.15, -0.1) is 0 Å². The summed E-state index contributed by atoms with van der Waals surface area (Å²) in [6.07, 6.45) is 0.545. The van der Waals surface area contributed by atoms with Gasteiger partial charge >= 0.3 is 0 Å². The lowest BCUT2D eigenvalue weighted by Gasteiger charge is -2.20. The number of aliphatic hydroxyl groups excluding tert-OH is 1. The molecule has 0 bridgehead atoms. The Morgan fingerprint density at radius 1 is 1.37 bits per heavy atom. The number of benzene rings is 1. The maximum Gasteiger partial charge on any atom is 0.287 e. The molecular formula is C15H19NO3. The second-order valence-electron chi connectivity index (χ2n) is 4.98. The van der Waals surface area contributed by atoms with Gasteiger partial charge in [0.15, 0.2) is 5.76 Å². The summed E-state index contributed by atoms with van der Waals surface area (Å²) in [7, 11) is 0. The van der Waals surface area contributed by atoms with Gasteiger partial charge < -0.3 is 14.8 Å². The lowest BCUT2D eigenvalue weighted by atomic mass is 10.0. The Kier molecular flexibility index (Phi) is 4.22. The van der Waals surface area contributed by atoms with Crippen LogP contribution in [0.1, 0.15) is 30.8 Å². The maximum absolute atomic E-state index is 12.1. The molecule has 0 aliphatic rings. The molecule has 1 heterocycles. The van der Waals surface area contributed by atoms with Gasteiger partial charge in [0, 0.05) is 18.0 Å². The number of rotatable bonds is 5. The molecule has 4 nitrogen and oxygen atoms in total. The third-order valence-electron chi connectivity index (χ3n) is 3.21. The second kappa shape index (κ2) is 5.89. The van der Waals surface area contributed by atoms with Gasteiger partial charge in [-0.1, -0.05) is 32.0 Å². The molecule has 2 aromatic rings. The van der Waals surface area contributed by atoms with Crippen LogP contribution in [0.2, 0.25) is 0 Å². The van der Waals surface area contributed by atoms with Crippen LogP contribution < -0.4 is 5.32 Å². The Hall–Kier alpha value is -1.81. The van der Waals surface area contributed by atoms with Crippen molar-refractivity contribution in [3.63, 3.8) is 0 Å². The van der Waals surface area contributed by atoms with Crippen LogP contribution in [-0.4, -0.2) is 23.7 Å². The zero-order valence-electron chi connectivity index (χ0n) is 11.2. The number of para-hydroxylation sites is 1. The monoisotopic (exact) mass is 261 g/mol. The minimum Gasteiger partial charge on any atom is -0.451 e. The first kappa shape index (κ1) is 13.6. The van der Waals surface area contributed by atoms with Crippen molar-refractivity contribution >= 4 is 16.9 Å². The van der Waals surface area contributed by atoms with Crippen molar-refractivity contribution < 1.29 is 14.3 Å². The van der Waals surface area contributed by atoms with Crippen molar-refractivity contribution in [1.82, 2.24) is 5.32 Å². The molecule has 102 valence electrons. The quantitative estimate of drug-likeness (QED) is 0.869. The molecule has 1 aromatic heterocycles. The number of carbonyl (C=O) groups is 1. The lowest BCUT2D eigenvalue weighted by Crippen LogP contribution is -2.39. The zero-order chi connectivity index (χ0) is 13.8. The topological polar surface area (TPSA) is 62.5 Å². The fourth-order valence-electron chi connectivity index (χ4n) is 2.04. The van der Waals surface area contributed by atoms with Crippen LogP contribution in [-0.2, 0) is 0 Å². The fourth-order valence-corrected chi connectivity index (χ4v) is 2.04. The average Bonchev–Trinajstić information content (AvgIpc) is 2.81. The fraction of sp³-hybridized carbons (Fsp3) is 0.400. The number of fused-ring (bicyclic) bond motifs is 1. The molecule has 2 rings (SSSR count). The molecule has 0 saturated carbocycles. The third-order valence-corrected chi connectivity index (χ3v) is 3.21. The Balaban J connectivity index is 2.14. The summed E-state index contributed by atoms with van der Waals surface area (Å²) in [5.74, 6) is 0.341. The highest BCUT2D eigenvalue weighted by Gasteiger charge is 2.19. The molecule has 0 spiro atoms. The van der Waals surface area contributed by atoms with E-state index in [0.717, 1.165) is 5.39 Å². The normalized spacial score (nSPS) is 12.8. The summed E-state index contributed by atoms with van der Waals surface area (Å²) < 4.78 is 5.51. The minimum absolute atomic E-state index is 0.0503. The van der Waals surface area contributed by atoms with Crippen molar-refractivity contribution in [3.8, 4) is 0 Å². The molecule has 0 aliphatic carbocycles. The first-order valence-corrected chi connectivity index (χ1v) is 6.52. The number of nitrogens with one attached hydrogen (secondary N) is 1. The van der Waals surface area contributed by atoms with Gasteiger partial charge in [0.1, 0.15) is 5.58 Å². The van der Waals surface area contributed by atoms with E-state index in [2.05, 4.69) is 5.32 Å². The van der Waals surface area contributed by atoms with Gasteiger partial charge in [0.05, 0.1) is 0 Å². The summed E-state index contributed by atoms with van der Waals surface area (Å²) in [4.78, 5) is 12.1. The van der Waals surface area contributed by atoms with E-state index in [1.54, 1.807) is 6.07 Å². The van der Waals surface area contributed by atoms with Crippen molar-refractivity contribution in [1.29, 1.82) is 0 Å². The Morgan fingerprint density at radius 3 is 2.74 bits per heavy atom. The number of hydrogen-bond donors (Lipinski definition) is 2. The smallest absolute Gasteiger partial charge is 0.287 e. The van der Waals surface area contributed by atoms with E-state index in [1.165, 1.54) is 0 Å². The molecule has 0 radical (unpaired) electrons. The van der Waals surface area contributed by atoms with Crippen LogP contribution in [0.5, 0.6) is 0 Å². The molecule has 0 fully saturated rings. The van der Waals surface area contributed by atoms with Crippen molar-refractivity contribution in [2.24, 2.45) is 5.92 Å². The highest BCUT2D eigenvalue weighted by Crippen LogP contribution is 2.19. The van der Waals surface area contributed by atoms with Gasteiger partial charge in [-0.2, -0.15) is 0 Å². The first-order chi connectivity index (χ1) is 9.11. The van der Waals surface area contributed by atoms with Crippen molar-refractivity contribution in [2.45, 2.75) is 26.3 Å². The van der Waals surface area contributed by atoms with Crippen LogP contribution in [0.25, 0.3) is 11.0 Å². The predicted molar refractivity (Wildman–Crippen MR) is 74.0 cm³/mol. The maximum atomic E-state index is 12.1. The highest BCUT2D eigenvalue weighted by molar-refractivity contribution is 5.96. The van der Waals surface area contributed by atoms with Crippen molar-refractivity contribution in [3.05, 3.63) is 36.1 Å². The van der Waals surface area contributed by atoms with Gasteiger partial charge in [-0.05, 0) is 24.5 Å². The first-order valence-electron chi connectivity index (χ1n) is 6.52. The molecule has 0 saturated heterocycles. The number of aliphatic hydroxyl groups is 1. The van der Waals surface area contributed by atoms with Gasteiger partial charge in [0.2, 0.25) is 0 Å². The van der Waals surface area contributed by atoms with Crippen LogP contribution in [0.15, 0.2) is 34.7 Å². The summed E-state index contributed by atoms with van der Waals surface area (Å²) >= 11 is 0. The van der Waals surface area contributed by atoms with E-state index in [9.17, 15) is 4.79 Å². The number of carbonyl (C=O) groups excluding carboxylic acids is 1. The van der Waals surface area contributed by atoms with E-state index in [-0.39, 0.29) is 24.5 Å². The average molecular weight is 261 g/mol. The van der Waals surface area contributed by atoms with E-state index in [1.807, 2.05) is 38.1 Å². The van der Waals surface area contributed by atoms with E-state index >= 15 is 0 Å². The SMILES string of the molecule is CC(C)C(CCO)NC(=O)c1cc2ccccc2o1. The number of furan rings is 1. The molecule has 1 unspecified atom stereocenters. The minimum atomic E-state index is -0.233. The van der Waals surface area contributed by atoms with Crippen LogP contribution in [0, 0.1) is 5.92 Å². The molecule has 19 heavy (non-hydrogen) atoms. The molecule has 0 aliphatic heterocycles. The number of hydrogen-bond acceptors (Lipinski definition) is 3. The van der Waals surface area contributed by atoms with Crippen LogP contribution in [0.4, 0.5) is 0 Å². The molecule has 1 atom stereocenters. The predicted octanol–water partition coefficient (Wildman–Crippen LogP) is 2.57. The summed E-state index contributed by atoms with van der Waals surface area (Å²) in [5.41, 5.74) is 0.705. The molecule has 1 amide bonds. The Labute approximate surface area is 112 Å². The summed E-state index contributed by atoms with van der Waals surface area (Å²) in [5, 5.41) is 12.8.